The number of ether oxygens (including phenoxy) is 2. The molecule has 0 bridgehead atoms. The lowest BCUT2D eigenvalue weighted by Crippen LogP contribution is -2.38. The van der Waals surface area contributed by atoms with E-state index in [1.54, 1.807) is 11.3 Å². The second-order valence-electron chi connectivity index (χ2n) is 7.37. The highest BCUT2D eigenvalue weighted by molar-refractivity contribution is 7.20. The molecule has 2 aromatic heterocycles. The Morgan fingerprint density at radius 1 is 0.968 bits per heavy atom. The molecular weight excluding hydrogens is 432 g/mol. The quantitative estimate of drug-likeness (QED) is 0.630. The Hall–Kier alpha value is -2.46. The number of morpholine rings is 2. The van der Waals surface area contributed by atoms with Crippen molar-refractivity contribution in [2.75, 3.05) is 67.7 Å². The van der Waals surface area contributed by atoms with Gasteiger partial charge in [0, 0.05) is 37.2 Å². The third-order valence-electron chi connectivity index (χ3n) is 5.43. The van der Waals surface area contributed by atoms with E-state index < -0.39 is 0 Å². The van der Waals surface area contributed by atoms with Crippen molar-refractivity contribution in [3.63, 3.8) is 0 Å². The van der Waals surface area contributed by atoms with Crippen LogP contribution in [0.3, 0.4) is 0 Å². The van der Waals surface area contributed by atoms with Gasteiger partial charge >= 0.3 is 0 Å². The molecule has 2 aliphatic heterocycles. The van der Waals surface area contributed by atoms with Crippen LogP contribution in [0.2, 0.25) is 0 Å². The molecule has 2 fully saturated rings. The first-order valence-corrected chi connectivity index (χ1v) is 12.1. The van der Waals surface area contributed by atoms with Gasteiger partial charge in [-0.15, -0.1) is 22.7 Å². The molecule has 0 atom stereocenters. The minimum Gasteiger partial charge on any atom is -0.378 e. The van der Waals surface area contributed by atoms with Gasteiger partial charge in [0.2, 0.25) is 0 Å². The SMILES string of the molecule is O=C(Nc1ccc(N2CCOCC2)cc1N1CCOCC1)c1csc(-c2cccs2)n1. The fourth-order valence-electron chi connectivity index (χ4n) is 3.79. The zero-order chi connectivity index (χ0) is 21.0. The van der Waals surface area contributed by atoms with Crippen molar-refractivity contribution in [1.82, 2.24) is 4.98 Å². The molecule has 5 rings (SSSR count). The normalized spacial score (nSPS) is 17.0. The molecule has 1 aromatic carbocycles. The first-order chi connectivity index (χ1) is 15.3. The molecule has 0 saturated carbocycles. The first-order valence-electron chi connectivity index (χ1n) is 10.4. The van der Waals surface area contributed by atoms with Crippen LogP contribution in [0.15, 0.2) is 41.1 Å². The lowest BCUT2D eigenvalue weighted by Gasteiger charge is -2.33. The van der Waals surface area contributed by atoms with Crippen LogP contribution < -0.4 is 15.1 Å². The molecule has 4 heterocycles. The van der Waals surface area contributed by atoms with Gasteiger partial charge in [0.15, 0.2) is 0 Å². The van der Waals surface area contributed by atoms with Gasteiger partial charge in [0.1, 0.15) is 10.7 Å². The highest BCUT2D eigenvalue weighted by Crippen LogP contribution is 2.33. The predicted molar refractivity (Wildman–Crippen MR) is 126 cm³/mol. The standard InChI is InChI=1S/C22H24N4O3S2/c27-21(18-15-31-22(24-18)20-2-1-13-30-20)23-17-4-3-16(25-5-9-28-10-6-25)14-19(17)26-7-11-29-12-8-26/h1-4,13-15H,5-12H2,(H,23,27). The molecular formula is C22H24N4O3S2. The number of hydrogen-bond donors (Lipinski definition) is 1. The summed E-state index contributed by atoms with van der Waals surface area (Å²) >= 11 is 3.12. The summed E-state index contributed by atoms with van der Waals surface area (Å²) in [6.07, 6.45) is 0. The number of nitrogens with zero attached hydrogens (tertiary/aromatic N) is 3. The Morgan fingerprint density at radius 2 is 1.71 bits per heavy atom. The Labute approximate surface area is 189 Å². The minimum atomic E-state index is -0.187. The highest BCUT2D eigenvalue weighted by Gasteiger charge is 2.21. The van der Waals surface area contributed by atoms with Gasteiger partial charge in [-0.25, -0.2) is 4.98 Å². The van der Waals surface area contributed by atoms with E-state index in [2.05, 4.69) is 32.2 Å². The topological polar surface area (TPSA) is 66.9 Å². The van der Waals surface area contributed by atoms with E-state index in [1.165, 1.54) is 11.3 Å². The summed E-state index contributed by atoms with van der Waals surface area (Å²) in [6.45, 7) is 6.20. The van der Waals surface area contributed by atoms with Crippen LogP contribution in [-0.2, 0) is 9.47 Å². The summed E-state index contributed by atoms with van der Waals surface area (Å²) in [5.41, 5.74) is 3.42. The van der Waals surface area contributed by atoms with Crippen molar-refractivity contribution >= 4 is 45.6 Å². The van der Waals surface area contributed by atoms with Crippen molar-refractivity contribution in [3.8, 4) is 9.88 Å². The zero-order valence-corrected chi connectivity index (χ0v) is 18.7. The number of nitrogens with one attached hydrogen (secondary N) is 1. The van der Waals surface area contributed by atoms with Crippen molar-refractivity contribution in [1.29, 1.82) is 0 Å². The fraction of sp³-hybridized carbons (Fsp3) is 0.364. The number of anilines is 3. The molecule has 3 aromatic rings. The molecule has 7 nitrogen and oxygen atoms in total. The summed E-state index contributed by atoms with van der Waals surface area (Å²) in [4.78, 5) is 23.2. The summed E-state index contributed by atoms with van der Waals surface area (Å²) < 4.78 is 11.0. The highest BCUT2D eigenvalue weighted by atomic mass is 32.1. The Morgan fingerprint density at radius 3 is 2.42 bits per heavy atom. The predicted octanol–water partition coefficient (Wildman–Crippen LogP) is 3.80. The average molecular weight is 457 g/mol. The molecule has 0 spiro atoms. The number of amides is 1. The summed E-state index contributed by atoms with van der Waals surface area (Å²) in [5, 5.41) is 7.80. The first kappa shape index (κ1) is 20.4. The van der Waals surface area contributed by atoms with Gasteiger partial charge < -0.3 is 24.6 Å². The van der Waals surface area contributed by atoms with Crippen molar-refractivity contribution in [2.24, 2.45) is 0 Å². The molecule has 0 aliphatic carbocycles. The molecule has 162 valence electrons. The number of carbonyl (C=O) groups is 1. The van der Waals surface area contributed by atoms with Gasteiger partial charge in [0.25, 0.3) is 5.91 Å². The molecule has 9 heteroatoms. The van der Waals surface area contributed by atoms with Gasteiger partial charge in [-0.1, -0.05) is 6.07 Å². The van der Waals surface area contributed by atoms with Crippen LogP contribution in [0.4, 0.5) is 17.1 Å². The van der Waals surface area contributed by atoms with E-state index in [-0.39, 0.29) is 5.91 Å². The van der Waals surface area contributed by atoms with Crippen molar-refractivity contribution < 1.29 is 14.3 Å². The lowest BCUT2D eigenvalue weighted by molar-refractivity contribution is 0.102. The third-order valence-corrected chi connectivity index (χ3v) is 7.31. The monoisotopic (exact) mass is 456 g/mol. The second kappa shape index (κ2) is 9.35. The average Bonchev–Trinajstić information content (AvgIpc) is 3.53. The summed E-state index contributed by atoms with van der Waals surface area (Å²) in [7, 11) is 0. The second-order valence-corrected chi connectivity index (χ2v) is 9.18. The van der Waals surface area contributed by atoms with Gasteiger partial charge in [-0.3, -0.25) is 4.79 Å². The number of aromatic nitrogens is 1. The van der Waals surface area contributed by atoms with Gasteiger partial charge in [-0.05, 0) is 29.6 Å². The van der Waals surface area contributed by atoms with E-state index in [4.69, 9.17) is 9.47 Å². The van der Waals surface area contributed by atoms with Crippen LogP contribution in [0, 0.1) is 0 Å². The van der Waals surface area contributed by atoms with Gasteiger partial charge in [0.05, 0.1) is 42.7 Å². The smallest absolute Gasteiger partial charge is 0.275 e. The number of benzene rings is 1. The third kappa shape index (κ3) is 4.59. The number of rotatable bonds is 5. The van der Waals surface area contributed by atoms with Crippen LogP contribution >= 0.6 is 22.7 Å². The Kier molecular flexibility index (Phi) is 6.17. The van der Waals surface area contributed by atoms with Crippen LogP contribution in [-0.4, -0.2) is 63.5 Å². The molecule has 2 aliphatic rings. The van der Waals surface area contributed by atoms with Crippen molar-refractivity contribution in [2.45, 2.75) is 0 Å². The number of thiazole rings is 1. The van der Waals surface area contributed by atoms with E-state index in [0.29, 0.717) is 18.9 Å². The zero-order valence-electron chi connectivity index (χ0n) is 17.1. The Balaban J connectivity index is 1.40. The van der Waals surface area contributed by atoms with Crippen LogP contribution in [0.25, 0.3) is 9.88 Å². The molecule has 2 saturated heterocycles. The van der Waals surface area contributed by atoms with E-state index >= 15 is 0 Å². The minimum absolute atomic E-state index is 0.187. The van der Waals surface area contributed by atoms with Crippen molar-refractivity contribution in [3.05, 3.63) is 46.8 Å². The van der Waals surface area contributed by atoms with E-state index in [1.807, 2.05) is 29.0 Å². The number of thiophene rings is 1. The van der Waals surface area contributed by atoms with Crippen LogP contribution in [0.5, 0.6) is 0 Å². The molecule has 0 unspecified atom stereocenters. The fourth-order valence-corrected chi connectivity index (χ4v) is 5.40. The molecule has 1 amide bonds. The number of carbonyl (C=O) groups excluding carboxylic acids is 1. The Bertz CT molecular complexity index is 1030. The molecule has 0 radical (unpaired) electrons. The molecule has 31 heavy (non-hydrogen) atoms. The summed E-state index contributed by atoms with van der Waals surface area (Å²) in [6, 6.07) is 10.3. The van der Waals surface area contributed by atoms with E-state index in [0.717, 1.165) is 66.3 Å². The number of hydrogen-bond acceptors (Lipinski definition) is 8. The molecule has 1 N–H and O–H groups in total. The maximum absolute atomic E-state index is 13.0. The maximum Gasteiger partial charge on any atom is 0.275 e. The maximum atomic E-state index is 13.0. The van der Waals surface area contributed by atoms with Gasteiger partial charge in [-0.2, -0.15) is 0 Å². The summed E-state index contributed by atoms with van der Waals surface area (Å²) in [5.74, 6) is -0.187. The lowest BCUT2D eigenvalue weighted by atomic mass is 10.1. The van der Waals surface area contributed by atoms with E-state index in [9.17, 15) is 4.79 Å². The van der Waals surface area contributed by atoms with Crippen LogP contribution in [0.1, 0.15) is 10.5 Å². The largest absolute Gasteiger partial charge is 0.378 e.